The lowest BCUT2D eigenvalue weighted by Crippen LogP contribution is -2.51. The summed E-state index contributed by atoms with van der Waals surface area (Å²) in [6.07, 6.45) is 7.03. The highest BCUT2D eigenvalue weighted by molar-refractivity contribution is 7.89. The molecule has 0 aromatic heterocycles. The summed E-state index contributed by atoms with van der Waals surface area (Å²) in [5, 5.41) is 14.2. The van der Waals surface area contributed by atoms with Crippen molar-refractivity contribution in [3.63, 3.8) is 0 Å². The molecule has 1 aromatic rings. The predicted octanol–water partition coefficient (Wildman–Crippen LogP) is 3.33. The van der Waals surface area contributed by atoms with E-state index in [9.17, 15) is 18.3 Å². The van der Waals surface area contributed by atoms with Crippen molar-refractivity contribution in [3.8, 4) is 0 Å². The Morgan fingerprint density at radius 3 is 2.49 bits per heavy atom. The van der Waals surface area contributed by atoms with E-state index >= 15 is 0 Å². The summed E-state index contributed by atoms with van der Waals surface area (Å²) >= 11 is 0. The lowest BCUT2D eigenvalue weighted by molar-refractivity contribution is -0.237. The van der Waals surface area contributed by atoms with Gasteiger partial charge < -0.3 is 10.4 Å². The van der Waals surface area contributed by atoms with Gasteiger partial charge in [-0.2, -0.15) is 5.06 Å². The Kier molecular flexibility index (Phi) is 9.53. The maximum absolute atomic E-state index is 13.2. The van der Waals surface area contributed by atoms with Crippen molar-refractivity contribution in [2.45, 2.75) is 96.7 Å². The zero-order valence-electron chi connectivity index (χ0n) is 24.0. The average Bonchev–Trinajstić information content (AvgIpc) is 3.19. The SMILES string of the molecule is Cc1cc(CN(CCO)OC(C)(C)C)ccc1CCS(=O)(=O)N1CCC2(CC1)N=C(C1CCCCC1)NC2=O. The van der Waals surface area contributed by atoms with E-state index in [-0.39, 0.29) is 23.9 Å². The van der Waals surface area contributed by atoms with Crippen LogP contribution in [0.2, 0.25) is 0 Å². The molecular weight excluding hydrogens is 516 g/mol. The summed E-state index contributed by atoms with van der Waals surface area (Å²) < 4.78 is 28.0. The van der Waals surface area contributed by atoms with Crippen molar-refractivity contribution < 1.29 is 23.2 Å². The summed E-state index contributed by atoms with van der Waals surface area (Å²) in [6, 6.07) is 6.05. The second-order valence-electron chi connectivity index (χ2n) is 12.3. The number of nitrogens with zero attached hydrogens (tertiary/aromatic N) is 3. The molecule has 0 atom stereocenters. The van der Waals surface area contributed by atoms with Crippen LogP contribution >= 0.6 is 0 Å². The van der Waals surface area contributed by atoms with E-state index in [0.717, 1.165) is 35.4 Å². The van der Waals surface area contributed by atoms with E-state index in [4.69, 9.17) is 9.83 Å². The highest BCUT2D eigenvalue weighted by Crippen LogP contribution is 2.35. The second kappa shape index (κ2) is 12.3. The number of hydrogen-bond donors (Lipinski definition) is 2. The predicted molar refractivity (Wildman–Crippen MR) is 153 cm³/mol. The third-order valence-electron chi connectivity index (χ3n) is 8.08. The molecule has 1 spiro atoms. The maximum Gasteiger partial charge on any atom is 0.253 e. The first kappa shape index (κ1) is 30.1. The van der Waals surface area contributed by atoms with Crippen LogP contribution in [0.5, 0.6) is 0 Å². The molecule has 0 radical (unpaired) electrons. The molecule has 10 heteroatoms. The Balaban J connectivity index is 1.32. The molecule has 3 aliphatic rings. The molecule has 1 saturated carbocycles. The van der Waals surface area contributed by atoms with Gasteiger partial charge in [0, 0.05) is 32.1 Å². The van der Waals surface area contributed by atoms with Gasteiger partial charge in [0.15, 0.2) is 0 Å². The van der Waals surface area contributed by atoms with E-state index in [0.29, 0.717) is 51.4 Å². The molecule has 4 rings (SSSR count). The number of rotatable bonds is 10. The number of hydroxylamine groups is 2. The van der Waals surface area contributed by atoms with Crippen molar-refractivity contribution in [1.82, 2.24) is 14.7 Å². The van der Waals surface area contributed by atoms with Crippen molar-refractivity contribution in [2.75, 3.05) is 32.0 Å². The fourth-order valence-electron chi connectivity index (χ4n) is 5.95. The highest BCUT2D eigenvalue weighted by Gasteiger charge is 2.48. The molecule has 2 fully saturated rings. The van der Waals surface area contributed by atoms with Crippen LogP contribution in [-0.2, 0) is 32.6 Å². The van der Waals surface area contributed by atoms with Crippen LogP contribution in [-0.4, -0.2) is 77.8 Å². The molecule has 0 unspecified atom stereocenters. The van der Waals surface area contributed by atoms with Crippen molar-refractivity contribution in [2.24, 2.45) is 10.9 Å². The van der Waals surface area contributed by atoms with Crippen LogP contribution in [0.25, 0.3) is 0 Å². The Morgan fingerprint density at radius 2 is 1.87 bits per heavy atom. The van der Waals surface area contributed by atoms with Gasteiger partial charge in [0.2, 0.25) is 10.0 Å². The molecule has 1 saturated heterocycles. The van der Waals surface area contributed by atoms with Crippen molar-refractivity contribution in [3.05, 3.63) is 34.9 Å². The maximum atomic E-state index is 13.2. The van der Waals surface area contributed by atoms with E-state index in [1.807, 2.05) is 39.8 Å². The lowest BCUT2D eigenvalue weighted by Gasteiger charge is -2.34. The van der Waals surface area contributed by atoms with Crippen LogP contribution in [0.1, 0.15) is 82.4 Å². The molecule has 218 valence electrons. The molecule has 2 N–H and O–H groups in total. The van der Waals surface area contributed by atoms with Gasteiger partial charge in [0.25, 0.3) is 5.91 Å². The summed E-state index contributed by atoms with van der Waals surface area (Å²) in [4.78, 5) is 23.7. The second-order valence-corrected chi connectivity index (χ2v) is 14.4. The van der Waals surface area contributed by atoms with E-state index in [1.54, 1.807) is 9.37 Å². The number of amidine groups is 1. The molecule has 2 aliphatic heterocycles. The fraction of sp³-hybridized carbons (Fsp3) is 0.724. The van der Waals surface area contributed by atoms with Crippen LogP contribution in [0.3, 0.4) is 0 Å². The standard InChI is InChI=1S/C29H46N4O5S/c1-22-20-23(21-32(17-18-34)38-28(2,3)4)10-11-24(22)12-19-39(36,37)33-15-13-29(14-16-33)27(35)30-26(31-29)25-8-6-5-7-9-25/h10-11,20,25,34H,5-9,12-19,21H2,1-4H3,(H,30,31,35). The van der Waals surface area contributed by atoms with Gasteiger partial charge in [-0.1, -0.05) is 37.5 Å². The quantitative estimate of drug-likeness (QED) is 0.423. The topological polar surface area (TPSA) is 112 Å². The van der Waals surface area contributed by atoms with Gasteiger partial charge >= 0.3 is 0 Å². The number of aliphatic hydroxyl groups excluding tert-OH is 1. The lowest BCUT2D eigenvalue weighted by atomic mass is 9.88. The van der Waals surface area contributed by atoms with Gasteiger partial charge in [-0.05, 0) is 76.5 Å². The first-order valence-electron chi connectivity index (χ1n) is 14.4. The number of nitrogens with one attached hydrogen (secondary N) is 1. The van der Waals surface area contributed by atoms with Crippen molar-refractivity contribution >= 4 is 21.8 Å². The molecule has 9 nitrogen and oxygen atoms in total. The number of hydrogen-bond acceptors (Lipinski definition) is 7. The monoisotopic (exact) mass is 562 g/mol. The Bertz CT molecular complexity index is 1150. The molecule has 1 aromatic carbocycles. The number of piperidine rings is 1. The number of benzene rings is 1. The summed E-state index contributed by atoms with van der Waals surface area (Å²) in [7, 11) is -3.46. The number of aliphatic imine (C=N–C) groups is 1. The fourth-order valence-corrected chi connectivity index (χ4v) is 7.42. The summed E-state index contributed by atoms with van der Waals surface area (Å²) in [5.41, 5.74) is 1.91. The van der Waals surface area contributed by atoms with Gasteiger partial charge in [0.1, 0.15) is 11.4 Å². The van der Waals surface area contributed by atoms with Crippen LogP contribution < -0.4 is 5.32 Å². The zero-order valence-corrected chi connectivity index (χ0v) is 24.9. The van der Waals surface area contributed by atoms with Crippen LogP contribution in [0, 0.1) is 12.8 Å². The minimum absolute atomic E-state index is 0.00132. The van der Waals surface area contributed by atoms with Crippen LogP contribution in [0.4, 0.5) is 0 Å². The smallest absolute Gasteiger partial charge is 0.253 e. The number of carbonyl (C=O) groups excluding carboxylic acids is 1. The van der Waals surface area contributed by atoms with Crippen molar-refractivity contribution in [1.29, 1.82) is 0 Å². The molecule has 39 heavy (non-hydrogen) atoms. The molecule has 1 amide bonds. The van der Waals surface area contributed by atoms with Gasteiger partial charge in [-0.15, -0.1) is 0 Å². The Hall–Kier alpha value is -1.85. The van der Waals surface area contributed by atoms with E-state index < -0.39 is 15.6 Å². The van der Waals surface area contributed by atoms with Gasteiger partial charge in [-0.3, -0.25) is 14.6 Å². The Morgan fingerprint density at radius 1 is 1.18 bits per heavy atom. The first-order valence-corrected chi connectivity index (χ1v) is 16.0. The van der Waals surface area contributed by atoms with Crippen LogP contribution in [0.15, 0.2) is 23.2 Å². The van der Waals surface area contributed by atoms with E-state index in [2.05, 4.69) is 11.4 Å². The molecular formula is C29H46N4O5S. The largest absolute Gasteiger partial charge is 0.395 e. The number of sulfonamides is 1. The highest BCUT2D eigenvalue weighted by atomic mass is 32.2. The minimum atomic E-state index is -3.46. The minimum Gasteiger partial charge on any atom is -0.395 e. The summed E-state index contributed by atoms with van der Waals surface area (Å²) in [6.45, 7) is 9.50. The molecule has 2 heterocycles. The number of carbonyl (C=O) groups is 1. The van der Waals surface area contributed by atoms with Gasteiger partial charge in [0.05, 0.1) is 18.0 Å². The number of amides is 1. The molecule has 1 aliphatic carbocycles. The summed E-state index contributed by atoms with van der Waals surface area (Å²) in [5.74, 6) is 1.15. The van der Waals surface area contributed by atoms with E-state index in [1.165, 1.54) is 19.3 Å². The zero-order chi connectivity index (χ0) is 28.3. The third-order valence-corrected chi connectivity index (χ3v) is 9.95. The Labute approximate surface area is 234 Å². The average molecular weight is 563 g/mol. The first-order chi connectivity index (χ1) is 18.4. The number of aryl methyl sites for hydroxylation is 2. The normalized spacial score (nSPS) is 21.0. The van der Waals surface area contributed by atoms with Gasteiger partial charge in [-0.25, -0.2) is 12.7 Å². The molecule has 0 bridgehead atoms. The number of aliphatic hydroxyl groups is 1. The third kappa shape index (κ3) is 7.67.